The van der Waals surface area contributed by atoms with Gasteiger partial charge in [-0.1, -0.05) is 32.0 Å². The minimum atomic E-state index is -0.897. The lowest BCUT2D eigenvalue weighted by atomic mass is 10.1. The van der Waals surface area contributed by atoms with Gasteiger partial charge in [0.15, 0.2) is 0 Å². The second-order valence-electron chi connectivity index (χ2n) is 5.36. The van der Waals surface area contributed by atoms with Crippen molar-refractivity contribution in [3.63, 3.8) is 0 Å². The molecule has 0 amide bonds. The summed E-state index contributed by atoms with van der Waals surface area (Å²) in [4.78, 5) is 21.5. The van der Waals surface area contributed by atoms with E-state index in [-0.39, 0.29) is 5.92 Å². The van der Waals surface area contributed by atoms with Gasteiger partial charge in [-0.3, -0.25) is 0 Å². The Bertz CT molecular complexity index is 631. The molecule has 2 N–H and O–H groups in total. The highest BCUT2D eigenvalue weighted by Crippen LogP contribution is 2.22. The van der Waals surface area contributed by atoms with E-state index in [0.717, 1.165) is 5.69 Å². The summed E-state index contributed by atoms with van der Waals surface area (Å²) in [5.41, 5.74) is 0.991. The van der Waals surface area contributed by atoms with E-state index in [2.05, 4.69) is 15.3 Å². The SMILES string of the molecule is CC(C)[C@@H](Nc1cc(N(C)c2ccccc2)ncn1)C(=O)O. The Morgan fingerprint density at radius 2 is 1.91 bits per heavy atom. The van der Waals surface area contributed by atoms with E-state index in [1.54, 1.807) is 6.07 Å². The molecule has 0 fully saturated rings. The van der Waals surface area contributed by atoms with Crippen molar-refractivity contribution in [2.75, 3.05) is 17.3 Å². The summed E-state index contributed by atoms with van der Waals surface area (Å²) in [5.74, 6) is 0.236. The Morgan fingerprint density at radius 1 is 1.23 bits per heavy atom. The van der Waals surface area contributed by atoms with Crippen LogP contribution >= 0.6 is 0 Å². The van der Waals surface area contributed by atoms with Crippen LogP contribution < -0.4 is 10.2 Å². The Hall–Kier alpha value is -2.63. The van der Waals surface area contributed by atoms with Gasteiger partial charge in [-0.15, -0.1) is 0 Å². The van der Waals surface area contributed by atoms with Gasteiger partial charge in [0.25, 0.3) is 0 Å². The summed E-state index contributed by atoms with van der Waals surface area (Å²) < 4.78 is 0. The van der Waals surface area contributed by atoms with E-state index >= 15 is 0 Å². The first-order valence-electron chi connectivity index (χ1n) is 7.09. The molecule has 6 heteroatoms. The van der Waals surface area contributed by atoms with Gasteiger partial charge in [0.2, 0.25) is 0 Å². The number of benzene rings is 1. The minimum absolute atomic E-state index is 0.0530. The number of carboxylic acids is 1. The van der Waals surface area contributed by atoms with Crippen LogP contribution in [-0.4, -0.2) is 34.1 Å². The van der Waals surface area contributed by atoms with Crippen LogP contribution in [0, 0.1) is 5.92 Å². The van der Waals surface area contributed by atoms with Gasteiger partial charge in [0.1, 0.15) is 24.0 Å². The summed E-state index contributed by atoms with van der Waals surface area (Å²) in [6.45, 7) is 3.70. The molecule has 116 valence electrons. The molecular weight excluding hydrogens is 280 g/mol. The van der Waals surface area contributed by atoms with E-state index in [0.29, 0.717) is 11.6 Å². The van der Waals surface area contributed by atoms with Crippen LogP contribution in [0.25, 0.3) is 0 Å². The molecule has 0 spiro atoms. The largest absolute Gasteiger partial charge is 0.480 e. The van der Waals surface area contributed by atoms with Crippen molar-refractivity contribution in [1.82, 2.24) is 9.97 Å². The molecule has 2 rings (SSSR count). The number of rotatable bonds is 6. The fourth-order valence-corrected chi connectivity index (χ4v) is 2.07. The predicted octanol–water partition coefficient (Wildman–Crippen LogP) is 2.77. The summed E-state index contributed by atoms with van der Waals surface area (Å²) in [6, 6.07) is 10.9. The molecule has 1 atom stereocenters. The van der Waals surface area contributed by atoms with Gasteiger partial charge in [-0.05, 0) is 18.1 Å². The van der Waals surface area contributed by atoms with Crippen LogP contribution in [-0.2, 0) is 4.79 Å². The average Bonchev–Trinajstić information content (AvgIpc) is 2.52. The zero-order valence-electron chi connectivity index (χ0n) is 12.9. The van der Waals surface area contributed by atoms with Gasteiger partial charge in [0.05, 0.1) is 0 Å². The number of carbonyl (C=O) groups is 1. The van der Waals surface area contributed by atoms with E-state index in [1.165, 1.54) is 6.33 Å². The highest BCUT2D eigenvalue weighted by molar-refractivity contribution is 5.77. The van der Waals surface area contributed by atoms with Crippen LogP contribution in [0.2, 0.25) is 0 Å². The first-order valence-corrected chi connectivity index (χ1v) is 7.09. The van der Waals surface area contributed by atoms with Gasteiger partial charge in [-0.25, -0.2) is 14.8 Å². The van der Waals surface area contributed by atoms with E-state index in [9.17, 15) is 9.90 Å². The standard InChI is InChI=1S/C16H20N4O2/c1-11(2)15(16(21)22)19-13-9-14(18-10-17-13)20(3)12-7-5-4-6-8-12/h4-11,15H,1-3H3,(H,21,22)(H,17,18,19)/t15-/m1/s1. The fraction of sp³-hybridized carbons (Fsp3) is 0.312. The Morgan fingerprint density at radius 3 is 2.50 bits per heavy atom. The zero-order chi connectivity index (χ0) is 16.1. The maximum atomic E-state index is 11.3. The molecule has 22 heavy (non-hydrogen) atoms. The van der Waals surface area contributed by atoms with Crippen LogP contribution in [0.5, 0.6) is 0 Å². The molecule has 2 aromatic rings. The molecule has 0 radical (unpaired) electrons. The Balaban J connectivity index is 2.21. The number of hydrogen-bond acceptors (Lipinski definition) is 5. The second-order valence-corrected chi connectivity index (χ2v) is 5.36. The van der Waals surface area contributed by atoms with Gasteiger partial charge < -0.3 is 15.3 Å². The third kappa shape index (κ3) is 3.72. The monoisotopic (exact) mass is 300 g/mol. The zero-order valence-corrected chi connectivity index (χ0v) is 12.9. The number of hydrogen-bond donors (Lipinski definition) is 2. The second kappa shape index (κ2) is 6.89. The molecule has 0 aliphatic heterocycles. The van der Waals surface area contributed by atoms with Crippen LogP contribution in [0.15, 0.2) is 42.7 Å². The molecular formula is C16H20N4O2. The lowest BCUT2D eigenvalue weighted by Crippen LogP contribution is -2.34. The van der Waals surface area contributed by atoms with Gasteiger partial charge >= 0.3 is 5.97 Å². The van der Waals surface area contributed by atoms with Crippen molar-refractivity contribution in [1.29, 1.82) is 0 Å². The molecule has 0 saturated heterocycles. The summed E-state index contributed by atoms with van der Waals surface area (Å²) in [7, 11) is 1.90. The first-order chi connectivity index (χ1) is 10.5. The predicted molar refractivity (Wildman–Crippen MR) is 86.4 cm³/mol. The highest BCUT2D eigenvalue weighted by atomic mass is 16.4. The number of para-hydroxylation sites is 1. The minimum Gasteiger partial charge on any atom is -0.480 e. The maximum absolute atomic E-state index is 11.3. The molecule has 0 unspecified atom stereocenters. The first kappa shape index (κ1) is 15.8. The molecule has 0 aliphatic carbocycles. The van der Waals surface area contributed by atoms with Crippen LogP contribution in [0.4, 0.5) is 17.3 Å². The summed E-state index contributed by atoms with van der Waals surface area (Å²) in [6.07, 6.45) is 1.43. The summed E-state index contributed by atoms with van der Waals surface area (Å²) >= 11 is 0. The van der Waals surface area contributed by atoms with E-state index in [1.807, 2.05) is 56.1 Å². The molecule has 1 aromatic heterocycles. The lowest BCUT2D eigenvalue weighted by Gasteiger charge is -2.21. The normalized spacial score (nSPS) is 12.0. The lowest BCUT2D eigenvalue weighted by molar-refractivity contribution is -0.138. The highest BCUT2D eigenvalue weighted by Gasteiger charge is 2.21. The van der Waals surface area contributed by atoms with E-state index in [4.69, 9.17) is 0 Å². The van der Waals surface area contributed by atoms with Crippen molar-refractivity contribution in [2.24, 2.45) is 5.92 Å². The fourth-order valence-electron chi connectivity index (χ4n) is 2.07. The van der Waals surface area contributed by atoms with Crippen LogP contribution in [0.3, 0.4) is 0 Å². The molecule has 1 aromatic carbocycles. The Kier molecular flexibility index (Phi) is 4.93. The number of anilines is 3. The maximum Gasteiger partial charge on any atom is 0.326 e. The Labute approximate surface area is 129 Å². The van der Waals surface area contributed by atoms with Gasteiger partial charge in [-0.2, -0.15) is 0 Å². The van der Waals surface area contributed by atoms with Crippen molar-refractivity contribution >= 4 is 23.3 Å². The summed E-state index contributed by atoms with van der Waals surface area (Å²) in [5, 5.41) is 12.2. The van der Waals surface area contributed by atoms with Gasteiger partial charge in [0, 0.05) is 18.8 Å². The molecule has 0 bridgehead atoms. The van der Waals surface area contributed by atoms with Crippen LogP contribution in [0.1, 0.15) is 13.8 Å². The van der Waals surface area contributed by atoms with Crippen molar-refractivity contribution in [2.45, 2.75) is 19.9 Å². The third-order valence-electron chi connectivity index (χ3n) is 3.38. The quantitative estimate of drug-likeness (QED) is 0.854. The number of aromatic nitrogens is 2. The van der Waals surface area contributed by atoms with Crippen molar-refractivity contribution < 1.29 is 9.90 Å². The van der Waals surface area contributed by atoms with E-state index < -0.39 is 12.0 Å². The topological polar surface area (TPSA) is 78.3 Å². The molecule has 0 saturated carbocycles. The number of nitrogens with one attached hydrogen (secondary N) is 1. The number of aliphatic carboxylic acids is 1. The van der Waals surface area contributed by atoms with Crippen molar-refractivity contribution in [3.8, 4) is 0 Å². The number of carboxylic acid groups (broad SMARTS) is 1. The third-order valence-corrected chi connectivity index (χ3v) is 3.38. The average molecular weight is 300 g/mol. The molecule has 6 nitrogen and oxygen atoms in total. The number of nitrogens with zero attached hydrogens (tertiary/aromatic N) is 3. The smallest absolute Gasteiger partial charge is 0.326 e. The molecule has 1 heterocycles. The van der Waals surface area contributed by atoms with Crippen molar-refractivity contribution in [3.05, 3.63) is 42.7 Å². The molecule has 0 aliphatic rings.